The van der Waals surface area contributed by atoms with Crippen LogP contribution in [0.25, 0.3) is 0 Å². The van der Waals surface area contributed by atoms with Gasteiger partial charge in [-0.3, -0.25) is 19.9 Å². The third-order valence-electron chi connectivity index (χ3n) is 6.10. The van der Waals surface area contributed by atoms with E-state index < -0.39 is 23.4 Å². The van der Waals surface area contributed by atoms with Gasteiger partial charge in [-0.15, -0.1) is 0 Å². The highest BCUT2D eigenvalue weighted by molar-refractivity contribution is 6.08. The normalized spacial score (nSPS) is 22.5. The van der Waals surface area contributed by atoms with Gasteiger partial charge in [0, 0.05) is 6.04 Å². The van der Waals surface area contributed by atoms with E-state index in [-0.39, 0.29) is 12.6 Å². The Kier molecular flexibility index (Phi) is 5.41. The minimum absolute atomic E-state index is 0.0614. The summed E-state index contributed by atoms with van der Waals surface area (Å²) in [4.78, 5) is 40.2. The number of rotatable bonds is 6. The number of nitrogens with one attached hydrogen (secondary N) is 2. The topological polar surface area (TPSA) is 91.0 Å². The maximum atomic E-state index is 13.1. The molecule has 2 aliphatic rings. The van der Waals surface area contributed by atoms with Gasteiger partial charge in [-0.25, -0.2) is 4.79 Å². The quantitative estimate of drug-likeness (QED) is 0.696. The summed E-state index contributed by atoms with van der Waals surface area (Å²) in [5, 5.41) is 3.44. The Morgan fingerprint density at radius 3 is 2.81 bits per heavy atom. The van der Waals surface area contributed by atoms with Crippen molar-refractivity contribution in [1.82, 2.24) is 20.7 Å². The second-order valence-corrected chi connectivity index (χ2v) is 8.13. The molecule has 4 amide bonds. The van der Waals surface area contributed by atoms with Crippen molar-refractivity contribution in [1.29, 1.82) is 0 Å². The number of carbonyl (C=O) groups excluding carboxylic acids is 3. The van der Waals surface area contributed by atoms with E-state index in [9.17, 15) is 14.4 Å². The van der Waals surface area contributed by atoms with Gasteiger partial charge in [-0.1, -0.05) is 36.4 Å². The number of methoxy groups -OCH3 is 1. The van der Waals surface area contributed by atoms with Crippen LogP contribution >= 0.6 is 0 Å². The number of nitrogens with zero attached hydrogens (tertiary/aromatic N) is 2. The molecule has 2 N–H and O–H groups in total. The molecule has 1 aliphatic carbocycles. The van der Waals surface area contributed by atoms with Gasteiger partial charge in [0.05, 0.1) is 13.7 Å². The Balaban J connectivity index is 1.44. The first kappa shape index (κ1) is 20.9. The Morgan fingerprint density at radius 1 is 1.26 bits per heavy atom. The molecule has 0 radical (unpaired) electrons. The number of carbonyl (C=O) groups is 3. The smallest absolute Gasteiger partial charge is 0.344 e. The Bertz CT molecular complexity index is 1040. The SMILES string of the molecule is COc1cccc(C2(C)NC(=O)N(NC(=O)CN(C)C3CCc4ccccc43)C2=O)c1. The first-order valence-electron chi connectivity index (χ1n) is 10.2. The molecule has 31 heavy (non-hydrogen) atoms. The van der Waals surface area contributed by atoms with E-state index in [4.69, 9.17) is 4.74 Å². The lowest BCUT2D eigenvalue weighted by Gasteiger charge is -2.26. The maximum Gasteiger partial charge on any atom is 0.344 e. The molecule has 1 fully saturated rings. The number of hydrogen-bond acceptors (Lipinski definition) is 5. The first-order chi connectivity index (χ1) is 14.8. The summed E-state index contributed by atoms with van der Waals surface area (Å²) >= 11 is 0. The number of aryl methyl sites for hydroxylation is 1. The van der Waals surface area contributed by atoms with E-state index in [1.54, 1.807) is 31.2 Å². The van der Waals surface area contributed by atoms with Crippen molar-refractivity contribution in [2.75, 3.05) is 20.7 Å². The lowest BCUT2D eigenvalue weighted by molar-refractivity contribution is -0.139. The van der Waals surface area contributed by atoms with Crippen LogP contribution in [0.2, 0.25) is 0 Å². The van der Waals surface area contributed by atoms with Crippen LogP contribution in [0.4, 0.5) is 4.79 Å². The molecule has 162 valence electrons. The zero-order valence-electron chi connectivity index (χ0n) is 17.8. The lowest BCUT2D eigenvalue weighted by Crippen LogP contribution is -2.50. The maximum absolute atomic E-state index is 13.1. The molecule has 2 aromatic carbocycles. The van der Waals surface area contributed by atoms with Gasteiger partial charge < -0.3 is 10.1 Å². The molecule has 1 aliphatic heterocycles. The van der Waals surface area contributed by atoms with Gasteiger partial charge in [-0.2, -0.15) is 5.01 Å². The number of ether oxygens (including phenoxy) is 1. The van der Waals surface area contributed by atoms with Gasteiger partial charge in [0.25, 0.3) is 11.8 Å². The van der Waals surface area contributed by atoms with Crippen molar-refractivity contribution >= 4 is 17.8 Å². The monoisotopic (exact) mass is 422 g/mol. The van der Waals surface area contributed by atoms with Crippen LogP contribution in [-0.2, 0) is 21.5 Å². The largest absolute Gasteiger partial charge is 0.497 e. The summed E-state index contributed by atoms with van der Waals surface area (Å²) in [6.07, 6.45) is 1.90. The summed E-state index contributed by atoms with van der Waals surface area (Å²) in [5.41, 5.74) is 4.26. The number of likely N-dealkylation sites (N-methyl/N-ethyl adjacent to an activating group) is 1. The highest BCUT2D eigenvalue weighted by atomic mass is 16.5. The first-order valence-corrected chi connectivity index (χ1v) is 10.2. The molecule has 2 aromatic rings. The molecular weight excluding hydrogens is 396 g/mol. The van der Waals surface area contributed by atoms with Crippen molar-refractivity contribution in [3.63, 3.8) is 0 Å². The van der Waals surface area contributed by atoms with Crippen molar-refractivity contribution in [2.45, 2.75) is 31.3 Å². The van der Waals surface area contributed by atoms with Crippen molar-refractivity contribution in [2.24, 2.45) is 0 Å². The van der Waals surface area contributed by atoms with Gasteiger partial charge in [-0.05, 0) is 55.6 Å². The molecule has 1 saturated heterocycles. The van der Waals surface area contributed by atoms with Crippen LogP contribution in [0.15, 0.2) is 48.5 Å². The standard InChI is InChI=1S/C23H26N4O4/c1-23(16-8-6-9-17(13-16)31-3)21(29)27(22(30)24-23)25-20(28)14-26(2)19-12-11-15-7-4-5-10-18(15)19/h4-10,13,19H,11-12,14H2,1-3H3,(H,24,30)(H,25,28). The fourth-order valence-electron chi connectivity index (χ4n) is 4.36. The van der Waals surface area contributed by atoms with Gasteiger partial charge in [0.2, 0.25) is 0 Å². The number of hydrazine groups is 1. The Hall–Kier alpha value is -3.39. The molecule has 0 spiro atoms. The van der Waals surface area contributed by atoms with Crippen molar-refractivity contribution in [3.8, 4) is 5.75 Å². The number of fused-ring (bicyclic) bond motifs is 1. The van der Waals surface area contributed by atoms with E-state index >= 15 is 0 Å². The minimum Gasteiger partial charge on any atom is -0.497 e. The van der Waals surface area contributed by atoms with Crippen LogP contribution in [0.3, 0.4) is 0 Å². The van der Waals surface area contributed by atoms with Crippen LogP contribution in [-0.4, -0.2) is 48.5 Å². The molecule has 8 nitrogen and oxygen atoms in total. The number of hydrogen-bond donors (Lipinski definition) is 2. The molecular formula is C23H26N4O4. The zero-order valence-corrected chi connectivity index (χ0v) is 17.8. The van der Waals surface area contributed by atoms with Gasteiger partial charge in [0.15, 0.2) is 0 Å². The molecule has 2 unspecified atom stereocenters. The fourth-order valence-corrected chi connectivity index (χ4v) is 4.36. The van der Waals surface area contributed by atoms with Gasteiger partial charge in [0.1, 0.15) is 11.3 Å². The van der Waals surface area contributed by atoms with E-state index in [1.807, 2.05) is 24.1 Å². The number of amides is 4. The summed E-state index contributed by atoms with van der Waals surface area (Å²) in [6.45, 7) is 1.67. The van der Waals surface area contributed by atoms with E-state index in [0.29, 0.717) is 11.3 Å². The third-order valence-corrected chi connectivity index (χ3v) is 6.10. The third kappa shape index (κ3) is 3.74. The summed E-state index contributed by atoms with van der Waals surface area (Å²) in [5.74, 6) is -0.403. The molecule has 1 heterocycles. The summed E-state index contributed by atoms with van der Waals surface area (Å²) in [7, 11) is 3.40. The number of imide groups is 1. The van der Waals surface area contributed by atoms with Crippen LogP contribution in [0.1, 0.15) is 36.1 Å². The van der Waals surface area contributed by atoms with Crippen LogP contribution in [0, 0.1) is 0 Å². The molecule has 4 rings (SSSR count). The number of benzene rings is 2. The highest BCUT2D eigenvalue weighted by Gasteiger charge is 2.50. The molecule has 0 aromatic heterocycles. The minimum atomic E-state index is -1.30. The Labute approximate surface area is 181 Å². The molecule has 8 heteroatoms. The predicted octanol–water partition coefficient (Wildman–Crippen LogP) is 2.11. The second kappa shape index (κ2) is 8.03. The Morgan fingerprint density at radius 2 is 2.03 bits per heavy atom. The summed E-state index contributed by atoms with van der Waals surface area (Å²) in [6, 6.07) is 14.6. The summed E-state index contributed by atoms with van der Waals surface area (Å²) < 4.78 is 5.22. The number of urea groups is 1. The van der Waals surface area contributed by atoms with E-state index in [1.165, 1.54) is 18.2 Å². The van der Waals surface area contributed by atoms with Crippen LogP contribution in [0.5, 0.6) is 5.75 Å². The lowest BCUT2D eigenvalue weighted by atomic mass is 9.92. The van der Waals surface area contributed by atoms with Crippen molar-refractivity contribution in [3.05, 3.63) is 65.2 Å². The molecule has 0 bridgehead atoms. The van der Waals surface area contributed by atoms with Gasteiger partial charge >= 0.3 is 6.03 Å². The van der Waals surface area contributed by atoms with E-state index in [2.05, 4.69) is 22.9 Å². The van der Waals surface area contributed by atoms with E-state index in [0.717, 1.165) is 17.9 Å². The van der Waals surface area contributed by atoms with Crippen LogP contribution < -0.4 is 15.5 Å². The fraction of sp³-hybridized carbons (Fsp3) is 0.348. The zero-order chi connectivity index (χ0) is 22.2. The molecule has 2 atom stereocenters. The predicted molar refractivity (Wildman–Crippen MR) is 114 cm³/mol. The molecule has 0 saturated carbocycles. The average molecular weight is 422 g/mol. The second-order valence-electron chi connectivity index (χ2n) is 8.13. The average Bonchev–Trinajstić information content (AvgIpc) is 3.29. The highest BCUT2D eigenvalue weighted by Crippen LogP contribution is 2.34. The van der Waals surface area contributed by atoms with Crippen molar-refractivity contribution < 1.29 is 19.1 Å².